The van der Waals surface area contributed by atoms with Crippen molar-refractivity contribution < 1.29 is 23.5 Å². The van der Waals surface area contributed by atoms with Crippen molar-refractivity contribution >= 4 is 17.6 Å². The van der Waals surface area contributed by atoms with Crippen LogP contribution in [0.1, 0.15) is 13.3 Å². The number of rotatable bonds is 7. The van der Waals surface area contributed by atoms with Crippen molar-refractivity contribution in [3.05, 3.63) is 60.4 Å². The van der Waals surface area contributed by atoms with E-state index in [1.165, 1.54) is 24.3 Å². The van der Waals surface area contributed by atoms with E-state index >= 15 is 0 Å². The van der Waals surface area contributed by atoms with Gasteiger partial charge in [0.25, 0.3) is 5.91 Å². The van der Waals surface area contributed by atoms with Crippen molar-refractivity contribution in [1.29, 1.82) is 0 Å². The summed E-state index contributed by atoms with van der Waals surface area (Å²) < 4.78 is 23.3. The Kier molecular flexibility index (Phi) is 6.31. The summed E-state index contributed by atoms with van der Waals surface area (Å²) in [7, 11) is 0. The zero-order valence-corrected chi connectivity index (χ0v) is 13.2. The second-order valence-electron chi connectivity index (χ2n) is 4.99. The number of anilines is 1. The summed E-state index contributed by atoms with van der Waals surface area (Å²) in [6.45, 7) is 1.35. The highest BCUT2D eigenvalue weighted by Crippen LogP contribution is 2.13. The van der Waals surface area contributed by atoms with Crippen LogP contribution in [-0.2, 0) is 14.3 Å². The lowest BCUT2D eigenvalue weighted by Gasteiger charge is -2.16. The molecule has 0 bridgehead atoms. The molecule has 24 heavy (non-hydrogen) atoms. The number of carbonyl (C=O) groups excluding carboxylic acids is 2. The molecule has 2 aromatic rings. The molecule has 0 aliphatic heterocycles. The zero-order chi connectivity index (χ0) is 17.4. The van der Waals surface area contributed by atoms with Crippen molar-refractivity contribution in [2.24, 2.45) is 0 Å². The highest BCUT2D eigenvalue weighted by Gasteiger charge is 2.21. The van der Waals surface area contributed by atoms with E-state index in [0.717, 1.165) is 0 Å². The summed E-state index contributed by atoms with van der Waals surface area (Å²) in [4.78, 5) is 23.8. The van der Waals surface area contributed by atoms with Gasteiger partial charge in [-0.15, -0.1) is 0 Å². The molecule has 1 atom stereocenters. The van der Waals surface area contributed by atoms with Gasteiger partial charge in [-0.1, -0.05) is 25.1 Å². The fourth-order valence-electron chi connectivity index (χ4n) is 1.92. The van der Waals surface area contributed by atoms with Crippen LogP contribution in [0, 0.1) is 5.82 Å². The van der Waals surface area contributed by atoms with Crippen molar-refractivity contribution in [1.82, 2.24) is 0 Å². The fraction of sp³-hybridized carbons (Fsp3) is 0.222. The van der Waals surface area contributed by atoms with Crippen LogP contribution >= 0.6 is 0 Å². The maximum Gasteiger partial charge on any atom is 0.347 e. The van der Waals surface area contributed by atoms with Gasteiger partial charge < -0.3 is 14.8 Å². The molecule has 0 heterocycles. The first kappa shape index (κ1) is 17.5. The Bertz CT molecular complexity index is 673. The molecule has 126 valence electrons. The summed E-state index contributed by atoms with van der Waals surface area (Å²) in [6, 6.07) is 14.2. The van der Waals surface area contributed by atoms with Gasteiger partial charge in [0.1, 0.15) is 11.6 Å². The zero-order valence-electron chi connectivity index (χ0n) is 13.2. The van der Waals surface area contributed by atoms with Gasteiger partial charge in [-0.2, -0.15) is 0 Å². The lowest BCUT2D eigenvalue weighted by atomic mass is 10.2. The Labute approximate surface area is 139 Å². The Morgan fingerprint density at radius 3 is 2.38 bits per heavy atom. The standard InChI is InChI=1S/C18H18FNO4/c1-2-16(24-15-6-4-3-5-7-15)18(22)23-12-17(21)20-14-10-8-13(19)9-11-14/h3-11,16H,2,12H2,1H3,(H,20,21)/t16-/m1/s1. The quantitative estimate of drug-likeness (QED) is 0.792. The Morgan fingerprint density at radius 2 is 1.75 bits per heavy atom. The van der Waals surface area contributed by atoms with Crippen LogP contribution in [0.4, 0.5) is 10.1 Å². The van der Waals surface area contributed by atoms with E-state index < -0.39 is 30.4 Å². The van der Waals surface area contributed by atoms with Crippen LogP contribution < -0.4 is 10.1 Å². The number of ether oxygens (including phenoxy) is 2. The maximum atomic E-state index is 12.8. The minimum Gasteiger partial charge on any atom is -0.479 e. The number of nitrogens with one attached hydrogen (secondary N) is 1. The molecule has 0 aliphatic rings. The summed E-state index contributed by atoms with van der Waals surface area (Å²) in [5.74, 6) is -0.972. The normalized spacial score (nSPS) is 11.4. The van der Waals surface area contributed by atoms with Crippen molar-refractivity contribution in [2.45, 2.75) is 19.4 Å². The van der Waals surface area contributed by atoms with Crippen LogP contribution in [0.3, 0.4) is 0 Å². The number of para-hydroxylation sites is 1. The van der Waals surface area contributed by atoms with Gasteiger partial charge in [0.15, 0.2) is 12.7 Å². The number of hydrogen-bond acceptors (Lipinski definition) is 4. The van der Waals surface area contributed by atoms with Crippen LogP contribution in [0.15, 0.2) is 54.6 Å². The predicted molar refractivity (Wildman–Crippen MR) is 87.1 cm³/mol. The van der Waals surface area contributed by atoms with E-state index in [4.69, 9.17) is 9.47 Å². The lowest BCUT2D eigenvalue weighted by Crippen LogP contribution is -2.31. The van der Waals surface area contributed by atoms with Gasteiger partial charge in [-0.3, -0.25) is 4.79 Å². The third-order valence-corrected chi connectivity index (χ3v) is 3.13. The number of amides is 1. The van der Waals surface area contributed by atoms with E-state index in [1.807, 2.05) is 6.07 Å². The molecule has 0 radical (unpaired) electrons. The van der Waals surface area contributed by atoms with E-state index in [1.54, 1.807) is 31.2 Å². The molecule has 2 rings (SSSR count). The second-order valence-corrected chi connectivity index (χ2v) is 4.99. The largest absolute Gasteiger partial charge is 0.479 e. The van der Waals surface area contributed by atoms with Crippen molar-refractivity contribution in [3.63, 3.8) is 0 Å². The van der Waals surface area contributed by atoms with Gasteiger partial charge in [-0.25, -0.2) is 9.18 Å². The first-order chi connectivity index (χ1) is 11.6. The molecule has 0 saturated carbocycles. The van der Waals surface area contributed by atoms with E-state index in [2.05, 4.69) is 5.32 Å². The van der Waals surface area contributed by atoms with Gasteiger partial charge in [0.05, 0.1) is 0 Å². The number of hydrogen-bond donors (Lipinski definition) is 1. The van der Waals surface area contributed by atoms with E-state index in [0.29, 0.717) is 17.9 Å². The minimum atomic E-state index is -0.786. The van der Waals surface area contributed by atoms with Crippen LogP contribution in [0.5, 0.6) is 5.75 Å². The monoisotopic (exact) mass is 331 g/mol. The molecule has 0 unspecified atom stereocenters. The number of carbonyl (C=O) groups is 2. The third kappa shape index (κ3) is 5.39. The third-order valence-electron chi connectivity index (χ3n) is 3.13. The lowest BCUT2D eigenvalue weighted by molar-refractivity contribution is -0.154. The topological polar surface area (TPSA) is 64.6 Å². The van der Waals surface area contributed by atoms with E-state index in [-0.39, 0.29) is 0 Å². The first-order valence-electron chi connectivity index (χ1n) is 7.52. The Hall–Kier alpha value is -2.89. The van der Waals surface area contributed by atoms with Gasteiger partial charge in [-0.05, 0) is 42.8 Å². The molecule has 6 heteroatoms. The molecular formula is C18H18FNO4. The molecule has 2 aromatic carbocycles. The maximum absolute atomic E-state index is 12.8. The summed E-state index contributed by atoms with van der Waals surface area (Å²) in [6.07, 6.45) is -0.376. The fourth-order valence-corrected chi connectivity index (χ4v) is 1.92. The molecule has 1 amide bonds. The summed E-state index contributed by atoms with van der Waals surface area (Å²) >= 11 is 0. The molecule has 5 nitrogen and oxygen atoms in total. The SMILES string of the molecule is CC[C@@H](Oc1ccccc1)C(=O)OCC(=O)Nc1ccc(F)cc1. The number of esters is 1. The minimum absolute atomic E-state index is 0.400. The molecule has 1 N–H and O–H groups in total. The highest BCUT2D eigenvalue weighted by atomic mass is 19.1. The van der Waals surface area contributed by atoms with Crippen molar-refractivity contribution in [2.75, 3.05) is 11.9 Å². The molecule has 0 aliphatic carbocycles. The summed E-state index contributed by atoms with van der Waals surface area (Å²) in [5, 5.41) is 2.51. The molecule has 0 saturated heterocycles. The van der Waals surface area contributed by atoms with Gasteiger partial charge in [0.2, 0.25) is 0 Å². The number of benzene rings is 2. The van der Waals surface area contributed by atoms with Gasteiger partial charge in [0, 0.05) is 5.69 Å². The average Bonchev–Trinajstić information content (AvgIpc) is 2.60. The molecule has 0 fully saturated rings. The van der Waals surface area contributed by atoms with Crippen molar-refractivity contribution in [3.8, 4) is 5.75 Å². The first-order valence-corrected chi connectivity index (χ1v) is 7.52. The molecule has 0 spiro atoms. The van der Waals surface area contributed by atoms with Crippen LogP contribution in [-0.4, -0.2) is 24.6 Å². The Morgan fingerprint density at radius 1 is 1.08 bits per heavy atom. The van der Waals surface area contributed by atoms with Gasteiger partial charge >= 0.3 is 5.97 Å². The second kappa shape index (κ2) is 8.67. The smallest absolute Gasteiger partial charge is 0.347 e. The highest BCUT2D eigenvalue weighted by molar-refractivity contribution is 5.93. The Balaban J connectivity index is 1.82. The number of halogens is 1. The average molecular weight is 331 g/mol. The van der Waals surface area contributed by atoms with Crippen LogP contribution in [0.2, 0.25) is 0 Å². The van der Waals surface area contributed by atoms with Crippen LogP contribution in [0.25, 0.3) is 0 Å². The van der Waals surface area contributed by atoms with E-state index in [9.17, 15) is 14.0 Å². The molecule has 0 aromatic heterocycles. The predicted octanol–water partition coefficient (Wildman–Crippen LogP) is 3.17. The summed E-state index contributed by atoms with van der Waals surface area (Å²) in [5.41, 5.74) is 0.421. The molecular weight excluding hydrogens is 313 g/mol.